The van der Waals surface area contributed by atoms with Gasteiger partial charge in [-0.1, -0.05) is 27.7 Å². The van der Waals surface area contributed by atoms with Gasteiger partial charge in [-0.15, -0.1) is 0 Å². The highest BCUT2D eigenvalue weighted by Crippen LogP contribution is 2.14. The summed E-state index contributed by atoms with van der Waals surface area (Å²) in [4.78, 5) is 2.64. The molecular formula is C11H24N2. The lowest BCUT2D eigenvalue weighted by atomic mass is 9.99. The van der Waals surface area contributed by atoms with E-state index >= 15 is 0 Å². The molecule has 0 aromatic heterocycles. The van der Waals surface area contributed by atoms with Crippen LogP contribution in [0.25, 0.3) is 0 Å². The predicted octanol–water partition coefficient (Wildman–Crippen LogP) is 1.57. The first kappa shape index (κ1) is 11.0. The highest BCUT2D eigenvalue weighted by molar-refractivity contribution is 4.82. The molecule has 0 amide bonds. The molecule has 0 aromatic carbocycles. The van der Waals surface area contributed by atoms with E-state index in [2.05, 4.69) is 37.9 Å². The Hall–Kier alpha value is -0.0800. The highest BCUT2D eigenvalue weighted by Gasteiger charge is 2.24. The second kappa shape index (κ2) is 4.97. The van der Waals surface area contributed by atoms with Gasteiger partial charge in [-0.25, -0.2) is 0 Å². The molecule has 1 unspecified atom stereocenters. The van der Waals surface area contributed by atoms with E-state index in [4.69, 9.17) is 0 Å². The minimum Gasteiger partial charge on any atom is -0.314 e. The molecule has 0 saturated carbocycles. The van der Waals surface area contributed by atoms with Crippen molar-refractivity contribution in [3.05, 3.63) is 0 Å². The van der Waals surface area contributed by atoms with Crippen LogP contribution in [0.5, 0.6) is 0 Å². The molecular weight excluding hydrogens is 160 g/mol. The summed E-state index contributed by atoms with van der Waals surface area (Å²) in [6, 6.07) is 0.746. The van der Waals surface area contributed by atoms with Crippen molar-refractivity contribution in [2.75, 3.05) is 26.2 Å². The fourth-order valence-electron chi connectivity index (χ4n) is 2.12. The van der Waals surface area contributed by atoms with E-state index in [-0.39, 0.29) is 0 Å². The summed E-state index contributed by atoms with van der Waals surface area (Å²) in [6.07, 6.45) is 0. The van der Waals surface area contributed by atoms with Gasteiger partial charge in [0.1, 0.15) is 0 Å². The average Bonchev–Trinajstić information content (AvgIpc) is 2.03. The van der Waals surface area contributed by atoms with Crippen LogP contribution in [-0.2, 0) is 0 Å². The van der Waals surface area contributed by atoms with Crippen LogP contribution in [-0.4, -0.2) is 37.1 Å². The third-order valence-electron chi connectivity index (χ3n) is 2.77. The Labute approximate surface area is 82.7 Å². The molecule has 1 heterocycles. The van der Waals surface area contributed by atoms with Gasteiger partial charge in [-0.05, 0) is 11.8 Å². The van der Waals surface area contributed by atoms with Crippen molar-refractivity contribution in [2.45, 2.75) is 33.7 Å². The van der Waals surface area contributed by atoms with E-state index < -0.39 is 0 Å². The van der Waals surface area contributed by atoms with E-state index in [0.717, 1.165) is 24.4 Å². The molecule has 13 heavy (non-hydrogen) atoms. The van der Waals surface area contributed by atoms with Crippen LogP contribution >= 0.6 is 0 Å². The van der Waals surface area contributed by atoms with E-state index in [9.17, 15) is 0 Å². The van der Waals surface area contributed by atoms with Crippen molar-refractivity contribution < 1.29 is 0 Å². The Bertz CT molecular complexity index is 143. The highest BCUT2D eigenvalue weighted by atomic mass is 15.2. The van der Waals surface area contributed by atoms with E-state index in [0.29, 0.717) is 0 Å². The van der Waals surface area contributed by atoms with Crippen molar-refractivity contribution in [3.8, 4) is 0 Å². The fourth-order valence-corrected chi connectivity index (χ4v) is 2.12. The first-order chi connectivity index (χ1) is 6.11. The molecule has 1 fully saturated rings. The number of hydrogen-bond donors (Lipinski definition) is 1. The molecule has 0 aromatic rings. The van der Waals surface area contributed by atoms with Gasteiger partial charge in [0.05, 0.1) is 0 Å². The van der Waals surface area contributed by atoms with Gasteiger partial charge >= 0.3 is 0 Å². The summed E-state index contributed by atoms with van der Waals surface area (Å²) in [7, 11) is 0. The largest absolute Gasteiger partial charge is 0.314 e. The molecule has 1 saturated heterocycles. The van der Waals surface area contributed by atoms with E-state index in [1.54, 1.807) is 0 Å². The summed E-state index contributed by atoms with van der Waals surface area (Å²) in [6.45, 7) is 14.1. The van der Waals surface area contributed by atoms with Crippen molar-refractivity contribution in [3.63, 3.8) is 0 Å². The topological polar surface area (TPSA) is 15.3 Å². The number of nitrogens with one attached hydrogen (secondary N) is 1. The lowest BCUT2D eigenvalue weighted by Crippen LogP contribution is -2.54. The summed E-state index contributed by atoms with van der Waals surface area (Å²) in [5.41, 5.74) is 0. The molecule has 1 rings (SSSR count). The molecule has 0 aliphatic carbocycles. The normalized spacial score (nSPS) is 25.8. The van der Waals surface area contributed by atoms with Crippen LogP contribution in [0.2, 0.25) is 0 Å². The lowest BCUT2D eigenvalue weighted by molar-refractivity contribution is 0.111. The Balaban J connectivity index is 2.46. The zero-order chi connectivity index (χ0) is 9.84. The van der Waals surface area contributed by atoms with Gasteiger partial charge in [-0.2, -0.15) is 0 Å². The molecule has 0 bridgehead atoms. The zero-order valence-corrected chi connectivity index (χ0v) is 9.51. The van der Waals surface area contributed by atoms with Crippen molar-refractivity contribution >= 4 is 0 Å². The molecule has 1 aliphatic heterocycles. The maximum absolute atomic E-state index is 3.48. The van der Waals surface area contributed by atoms with Gasteiger partial charge in [0, 0.05) is 32.2 Å². The second-order valence-corrected chi connectivity index (χ2v) is 4.90. The van der Waals surface area contributed by atoms with Gasteiger partial charge in [0.2, 0.25) is 0 Å². The van der Waals surface area contributed by atoms with Gasteiger partial charge in [-0.3, -0.25) is 4.90 Å². The SMILES string of the molecule is CC(C)CN1CCNCC1C(C)C. The van der Waals surface area contributed by atoms with Gasteiger partial charge in [0.25, 0.3) is 0 Å². The monoisotopic (exact) mass is 184 g/mol. The van der Waals surface area contributed by atoms with Crippen LogP contribution in [0.4, 0.5) is 0 Å². The van der Waals surface area contributed by atoms with Crippen LogP contribution in [0.15, 0.2) is 0 Å². The molecule has 0 spiro atoms. The van der Waals surface area contributed by atoms with Gasteiger partial charge in [0.15, 0.2) is 0 Å². The van der Waals surface area contributed by atoms with Crippen molar-refractivity contribution in [1.29, 1.82) is 0 Å². The van der Waals surface area contributed by atoms with Crippen molar-refractivity contribution in [2.24, 2.45) is 11.8 Å². The first-order valence-electron chi connectivity index (χ1n) is 5.56. The number of piperazine rings is 1. The molecule has 1 N–H and O–H groups in total. The summed E-state index contributed by atoms with van der Waals surface area (Å²) in [5, 5.41) is 3.48. The maximum atomic E-state index is 3.48. The molecule has 1 aliphatic rings. The zero-order valence-electron chi connectivity index (χ0n) is 9.51. The number of hydrogen-bond acceptors (Lipinski definition) is 2. The summed E-state index contributed by atoms with van der Waals surface area (Å²) >= 11 is 0. The molecule has 78 valence electrons. The third kappa shape index (κ3) is 3.28. The van der Waals surface area contributed by atoms with Crippen LogP contribution in [0.3, 0.4) is 0 Å². The van der Waals surface area contributed by atoms with Gasteiger partial charge < -0.3 is 5.32 Å². The molecule has 2 heteroatoms. The Kier molecular flexibility index (Phi) is 4.20. The Morgan fingerprint density at radius 2 is 2.00 bits per heavy atom. The molecule has 1 atom stereocenters. The molecule has 0 radical (unpaired) electrons. The summed E-state index contributed by atoms with van der Waals surface area (Å²) < 4.78 is 0. The average molecular weight is 184 g/mol. The minimum atomic E-state index is 0.746. The predicted molar refractivity (Wildman–Crippen MR) is 57.9 cm³/mol. The Morgan fingerprint density at radius 1 is 1.31 bits per heavy atom. The smallest absolute Gasteiger partial charge is 0.0244 e. The van der Waals surface area contributed by atoms with E-state index in [1.807, 2.05) is 0 Å². The number of nitrogens with zero attached hydrogens (tertiary/aromatic N) is 1. The summed E-state index contributed by atoms with van der Waals surface area (Å²) in [5.74, 6) is 1.56. The third-order valence-corrected chi connectivity index (χ3v) is 2.77. The maximum Gasteiger partial charge on any atom is 0.0244 e. The van der Waals surface area contributed by atoms with Crippen LogP contribution in [0.1, 0.15) is 27.7 Å². The quantitative estimate of drug-likeness (QED) is 0.716. The van der Waals surface area contributed by atoms with E-state index in [1.165, 1.54) is 19.6 Å². The standard InChI is InChI=1S/C11H24N2/c1-9(2)8-13-6-5-12-7-11(13)10(3)4/h9-12H,5-8H2,1-4H3. The number of rotatable bonds is 3. The minimum absolute atomic E-state index is 0.746. The Morgan fingerprint density at radius 3 is 2.54 bits per heavy atom. The fraction of sp³-hybridized carbons (Fsp3) is 1.00. The molecule has 2 nitrogen and oxygen atoms in total. The van der Waals surface area contributed by atoms with Crippen LogP contribution < -0.4 is 5.32 Å². The van der Waals surface area contributed by atoms with Crippen LogP contribution in [0, 0.1) is 11.8 Å². The lowest BCUT2D eigenvalue weighted by Gasteiger charge is -2.39. The second-order valence-electron chi connectivity index (χ2n) is 4.90. The first-order valence-corrected chi connectivity index (χ1v) is 5.56. The van der Waals surface area contributed by atoms with Crippen molar-refractivity contribution in [1.82, 2.24) is 10.2 Å².